The normalized spacial score (nSPS) is 8.90. The van der Waals surface area contributed by atoms with Gasteiger partial charge < -0.3 is 9.57 Å². The van der Waals surface area contributed by atoms with E-state index < -0.39 is 0 Å². The average molecular weight is 146 g/mol. The molecular formula is C4H10N4O2. The predicted octanol–water partition coefficient (Wildman–Crippen LogP) is 0.204. The highest BCUT2D eigenvalue weighted by Gasteiger charge is 1.84. The van der Waals surface area contributed by atoms with Crippen LogP contribution in [-0.2, 0) is 9.57 Å². The van der Waals surface area contributed by atoms with Crippen molar-refractivity contribution in [2.24, 2.45) is 11.0 Å². The van der Waals surface area contributed by atoms with Crippen molar-refractivity contribution in [3.8, 4) is 0 Å². The lowest BCUT2D eigenvalue weighted by atomic mass is 10.7. The Kier molecular flexibility index (Phi) is 7.53. The Balaban J connectivity index is 2.83. The number of nitrogens with zero attached hydrogens (tertiary/aromatic N) is 3. The van der Waals surface area contributed by atoms with Gasteiger partial charge >= 0.3 is 0 Å². The quantitative estimate of drug-likeness (QED) is 0.191. The smallest absolute Gasteiger partial charge is 0.0913 e. The fraction of sp³-hybridized carbons (Fsp3) is 1.00. The Hall–Kier alpha value is -0.810. The zero-order valence-electron chi connectivity index (χ0n) is 5.56. The molecule has 0 bridgehead atoms. The molecule has 0 aliphatic rings. The largest absolute Gasteiger partial charge is 0.379 e. The van der Waals surface area contributed by atoms with Gasteiger partial charge in [-0.1, -0.05) is 5.11 Å². The molecule has 0 radical (unpaired) electrons. The van der Waals surface area contributed by atoms with Gasteiger partial charge in [0.05, 0.1) is 19.8 Å². The molecule has 0 saturated heterocycles. The summed E-state index contributed by atoms with van der Waals surface area (Å²) in [6, 6.07) is 0. The van der Waals surface area contributed by atoms with Crippen LogP contribution in [0.4, 0.5) is 0 Å². The van der Waals surface area contributed by atoms with Gasteiger partial charge in [0.2, 0.25) is 0 Å². The van der Waals surface area contributed by atoms with Crippen molar-refractivity contribution >= 4 is 0 Å². The summed E-state index contributed by atoms with van der Waals surface area (Å²) in [7, 11) is 0. The topological polar surface area (TPSA) is 93.2 Å². The number of azide groups is 1. The van der Waals surface area contributed by atoms with E-state index in [1.807, 2.05) is 0 Å². The third-order valence-electron chi connectivity index (χ3n) is 0.744. The molecule has 0 aromatic carbocycles. The molecule has 6 nitrogen and oxygen atoms in total. The van der Waals surface area contributed by atoms with Gasteiger partial charge in [-0.25, -0.2) is 5.90 Å². The van der Waals surface area contributed by atoms with Gasteiger partial charge in [0.15, 0.2) is 0 Å². The summed E-state index contributed by atoms with van der Waals surface area (Å²) in [6.07, 6.45) is 0. The van der Waals surface area contributed by atoms with E-state index >= 15 is 0 Å². The van der Waals surface area contributed by atoms with E-state index in [9.17, 15) is 0 Å². The highest BCUT2D eigenvalue weighted by Crippen LogP contribution is 1.76. The Bertz CT molecular complexity index is 112. The summed E-state index contributed by atoms with van der Waals surface area (Å²) < 4.78 is 4.91. The third-order valence-corrected chi connectivity index (χ3v) is 0.744. The lowest BCUT2D eigenvalue weighted by Crippen LogP contribution is -2.09. The highest BCUT2D eigenvalue weighted by atomic mass is 16.6. The van der Waals surface area contributed by atoms with E-state index in [0.29, 0.717) is 26.4 Å². The molecule has 2 N–H and O–H groups in total. The molecule has 0 spiro atoms. The molecule has 0 aromatic rings. The first-order valence-electron chi connectivity index (χ1n) is 2.82. The van der Waals surface area contributed by atoms with Crippen LogP contribution in [0.1, 0.15) is 0 Å². The summed E-state index contributed by atoms with van der Waals surface area (Å²) in [5, 5.41) is 3.25. The van der Waals surface area contributed by atoms with Gasteiger partial charge in [0, 0.05) is 11.5 Å². The first-order chi connectivity index (χ1) is 4.91. The summed E-state index contributed by atoms with van der Waals surface area (Å²) in [5.41, 5.74) is 7.83. The van der Waals surface area contributed by atoms with Gasteiger partial charge in [0.1, 0.15) is 0 Å². The van der Waals surface area contributed by atoms with Gasteiger partial charge in [-0.05, 0) is 5.53 Å². The lowest BCUT2D eigenvalue weighted by molar-refractivity contribution is 0.0508. The molecule has 0 saturated carbocycles. The van der Waals surface area contributed by atoms with Crippen LogP contribution in [0.2, 0.25) is 0 Å². The van der Waals surface area contributed by atoms with Crippen LogP contribution in [-0.4, -0.2) is 26.4 Å². The van der Waals surface area contributed by atoms with E-state index in [1.165, 1.54) is 0 Å². The summed E-state index contributed by atoms with van der Waals surface area (Å²) in [5.74, 6) is 4.71. The molecule has 0 unspecified atom stereocenters. The molecule has 58 valence electrons. The number of ether oxygens (including phenoxy) is 1. The van der Waals surface area contributed by atoms with E-state index in [2.05, 4.69) is 14.9 Å². The van der Waals surface area contributed by atoms with Crippen LogP contribution < -0.4 is 5.90 Å². The molecule has 0 heterocycles. The van der Waals surface area contributed by atoms with Crippen molar-refractivity contribution in [2.45, 2.75) is 0 Å². The van der Waals surface area contributed by atoms with Gasteiger partial charge in [0.25, 0.3) is 0 Å². The zero-order valence-corrected chi connectivity index (χ0v) is 5.56. The lowest BCUT2D eigenvalue weighted by Gasteiger charge is -1.98. The molecule has 10 heavy (non-hydrogen) atoms. The number of nitrogens with two attached hydrogens (primary N) is 1. The fourth-order valence-corrected chi connectivity index (χ4v) is 0.359. The monoisotopic (exact) mass is 146 g/mol. The second-order valence-corrected chi connectivity index (χ2v) is 1.44. The Morgan fingerprint density at radius 2 is 2.20 bits per heavy atom. The predicted molar refractivity (Wildman–Crippen MR) is 35.0 cm³/mol. The van der Waals surface area contributed by atoms with E-state index in [1.54, 1.807) is 0 Å². The molecule has 0 amide bonds. The maximum atomic E-state index is 7.83. The molecular weight excluding hydrogens is 136 g/mol. The van der Waals surface area contributed by atoms with Crippen molar-refractivity contribution < 1.29 is 9.57 Å². The standard InChI is InChI=1S/C4H10N4O2/c5-8-7-1-2-9-3-4-10-6/h1-4,6H2. The van der Waals surface area contributed by atoms with Crippen LogP contribution in [0.3, 0.4) is 0 Å². The summed E-state index contributed by atoms with van der Waals surface area (Å²) >= 11 is 0. The molecule has 0 fully saturated rings. The highest BCUT2D eigenvalue weighted by molar-refractivity contribution is 4.43. The Morgan fingerprint density at radius 3 is 2.80 bits per heavy atom. The average Bonchev–Trinajstić information content (AvgIpc) is 1.97. The molecule has 0 aromatic heterocycles. The molecule has 0 atom stereocenters. The van der Waals surface area contributed by atoms with Crippen LogP contribution in [0.5, 0.6) is 0 Å². The number of hydrogen-bond donors (Lipinski definition) is 1. The van der Waals surface area contributed by atoms with Gasteiger partial charge in [-0.15, -0.1) is 0 Å². The summed E-state index contributed by atoms with van der Waals surface area (Å²) in [4.78, 5) is 6.76. The second-order valence-electron chi connectivity index (χ2n) is 1.44. The van der Waals surface area contributed by atoms with E-state index in [0.717, 1.165) is 0 Å². The molecule has 0 aliphatic carbocycles. The SMILES string of the molecule is [N-]=[N+]=NCCOCCON. The Morgan fingerprint density at radius 1 is 1.40 bits per heavy atom. The van der Waals surface area contributed by atoms with Crippen molar-refractivity contribution in [2.75, 3.05) is 26.4 Å². The second kappa shape index (κ2) is 8.19. The van der Waals surface area contributed by atoms with Crippen molar-refractivity contribution in [3.63, 3.8) is 0 Å². The van der Waals surface area contributed by atoms with Gasteiger partial charge in [-0.2, -0.15) is 0 Å². The zero-order chi connectivity index (χ0) is 7.66. The molecule has 0 rings (SSSR count). The van der Waals surface area contributed by atoms with Crippen LogP contribution >= 0.6 is 0 Å². The third kappa shape index (κ3) is 7.19. The first kappa shape index (κ1) is 9.19. The Labute approximate surface area is 58.5 Å². The van der Waals surface area contributed by atoms with Crippen LogP contribution in [0.15, 0.2) is 5.11 Å². The van der Waals surface area contributed by atoms with E-state index in [-0.39, 0.29) is 0 Å². The first-order valence-corrected chi connectivity index (χ1v) is 2.82. The van der Waals surface area contributed by atoms with Crippen molar-refractivity contribution in [1.82, 2.24) is 0 Å². The van der Waals surface area contributed by atoms with E-state index in [4.69, 9.17) is 16.2 Å². The minimum Gasteiger partial charge on any atom is -0.379 e. The van der Waals surface area contributed by atoms with Crippen molar-refractivity contribution in [3.05, 3.63) is 10.4 Å². The number of hydrogen-bond acceptors (Lipinski definition) is 4. The fourth-order valence-electron chi connectivity index (χ4n) is 0.359. The maximum Gasteiger partial charge on any atom is 0.0913 e. The minimum atomic E-state index is 0.348. The van der Waals surface area contributed by atoms with Crippen molar-refractivity contribution in [1.29, 1.82) is 0 Å². The van der Waals surface area contributed by atoms with Crippen LogP contribution in [0.25, 0.3) is 10.4 Å². The van der Waals surface area contributed by atoms with Gasteiger partial charge in [-0.3, -0.25) is 0 Å². The number of rotatable bonds is 6. The maximum absolute atomic E-state index is 7.83. The van der Waals surface area contributed by atoms with Crippen LogP contribution in [0, 0.1) is 0 Å². The summed E-state index contributed by atoms with van der Waals surface area (Å²) in [6.45, 7) is 1.54. The molecule has 6 heteroatoms. The minimum absolute atomic E-state index is 0.348. The molecule has 0 aliphatic heterocycles.